The molecule has 5 heteroatoms. The van der Waals surface area contributed by atoms with Crippen molar-refractivity contribution in [1.29, 1.82) is 0 Å². The van der Waals surface area contributed by atoms with Crippen LogP contribution >= 0.6 is 0 Å². The number of nitrogens with one attached hydrogen (secondary N) is 1. The maximum absolute atomic E-state index is 11.8. The van der Waals surface area contributed by atoms with Gasteiger partial charge in [-0.05, 0) is 20.5 Å². The number of rotatable bonds is 6. The zero-order valence-electron chi connectivity index (χ0n) is 10.7. The molecule has 0 aliphatic heterocycles. The summed E-state index contributed by atoms with van der Waals surface area (Å²) >= 11 is 0. The highest BCUT2D eigenvalue weighted by Gasteiger charge is 2.12. The van der Waals surface area contributed by atoms with Crippen LogP contribution in [-0.2, 0) is 0 Å². The summed E-state index contributed by atoms with van der Waals surface area (Å²) in [5.74, 6) is -0.117. The standard InChI is InChI=1S/C12H20N4O/c1-4-5-11(16(2)3)8-15-12(17)10-6-13-9-14-7-10/h6-7,9,11H,4-5,8H2,1-3H3,(H,15,17)/t11-/m1/s1. The quantitative estimate of drug-likeness (QED) is 0.798. The third-order valence-corrected chi connectivity index (χ3v) is 2.67. The Hall–Kier alpha value is -1.49. The number of carbonyl (C=O) groups excluding carboxylic acids is 1. The van der Waals surface area contributed by atoms with Crippen LogP contribution < -0.4 is 5.32 Å². The zero-order valence-corrected chi connectivity index (χ0v) is 10.7. The predicted octanol–water partition coefficient (Wildman–Crippen LogP) is 0.937. The van der Waals surface area contributed by atoms with Crippen molar-refractivity contribution in [2.45, 2.75) is 25.8 Å². The Morgan fingerprint density at radius 2 is 2.06 bits per heavy atom. The lowest BCUT2D eigenvalue weighted by molar-refractivity contribution is 0.0939. The molecule has 1 aromatic rings. The van der Waals surface area contributed by atoms with Gasteiger partial charge in [0.15, 0.2) is 0 Å². The van der Waals surface area contributed by atoms with E-state index in [0.29, 0.717) is 18.2 Å². The van der Waals surface area contributed by atoms with E-state index in [0.717, 1.165) is 12.8 Å². The van der Waals surface area contributed by atoms with E-state index in [1.165, 1.54) is 18.7 Å². The van der Waals surface area contributed by atoms with Gasteiger partial charge >= 0.3 is 0 Å². The summed E-state index contributed by atoms with van der Waals surface area (Å²) < 4.78 is 0. The van der Waals surface area contributed by atoms with Crippen LogP contribution in [0.25, 0.3) is 0 Å². The molecule has 0 saturated carbocycles. The minimum Gasteiger partial charge on any atom is -0.350 e. The molecule has 1 N–H and O–H groups in total. The van der Waals surface area contributed by atoms with Gasteiger partial charge in [0.1, 0.15) is 6.33 Å². The molecule has 1 rings (SSSR count). The molecule has 0 spiro atoms. The number of nitrogens with zero attached hydrogens (tertiary/aromatic N) is 3. The first kappa shape index (κ1) is 13.6. The smallest absolute Gasteiger partial charge is 0.254 e. The van der Waals surface area contributed by atoms with E-state index in [4.69, 9.17) is 0 Å². The largest absolute Gasteiger partial charge is 0.350 e. The van der Waals surface area contributed by atoms with Crippen LogP contribution in [0.5, 0.6) is 0 Å². The van der Waals surface area contributed by atoms with Crippen molar-refractivity contribution in [3.8, 4) is 0 Å². The Bertz CT molecular complexity index is 340. The molecule has 0 aromatic carbocycles. The highest BCUT2D eigenvalue weighted by Crippen LogP contribution is 2.02. The maximum atomic E-state index is 11.8. The van der Waals surface area contributed by atoms with Gasteiger partial charge in [-0.25, -0.2) is 9.97 Å². The van der Waals surface area contributed by atoms with Gasteiger partial charge in [0.25, 0.3) is 5.91 Å². The second-order valence-electron chi connectivity index (χ2n) is 4.24. The van der Waals surface area contributed by atoms with E-state index in [-0.39, 0.29) is 5.91 Å². The Labute approximate surface area is 102 Å². The number of likely N-dealkylation sites (N-methyl/N-ethyl adjacent to an activating group) is 1. The van der Waals surface area contributed by atoms with Crippen molar-refractivity contribution >= 4 is 5.91 Å². The molecule has 17 heavy (non-hydrogen) atoms. The number of amides is 1. The maximum Gasteiger partial charge on any atom is 0.254 e. The molecule has 0 unspecified atom stereocenters. The first-order valence-electron chi connectivity index (χ1n) is 5.84. The van der Waals surface area contributed by atoms with Gasteiger partial charge in [0.2, 0.25) is 0 Å². The molecule has 0 fully saturated rings. The van der Waals surface area contributed by atoms with E-state index in [1.54, 1.807) is 0 Å². The summed E-state index contributed by atoms with van der Waals surface area (Å²) in [5.41, 5.74) is 0.501. The molecule has 1 aromatic heterocycles. The van der Waals surface area contributed by atoms with Crippen molar-refractivity contribution in [2.75, 3.05) is 20.6 Å². The van der Waals surface area contributed by atoms with Crippen molar-refractivity contribution in [2.24, 2.45) is 0 Å². The van der Waals surface area contributed by atoms with Crippen molar-refractivity contribution in [3.05, 3.63) is 24.3 Å². The van der Waals surface area contributed by atoms with Gasteiger partial charge in [0.05, 0.1) is 5.56 Å². The van der Waals surface area contributed by atoms with Crippen LogP contribution in [0, 0.1) is 0 Å². The highest BCUT2D eigenvalue weighted by molar-refractivity contribution is 5.93. The summed E-state index contributed by atoms with van der Waals surface area (Å²) in [6, 6.07) is 0.369. The minimum absolute atomic E-state index is 0.117. The second kappa shape index (κ2) is 6.96. The Balaban J connectivity index is 2.47. The van der Waals surface area contributed by atoms with Crippen LogP contribution in [0.2, 0.25) is 0 Å². The molecule has 0 saturated heterocycles. The molecule has 1 amide bonds. The first-order chi connectivity index (χ1) is 8.15. The van der Waals surface area contributed by atoms with E-state index >= 15 is 0 Å². The zero-order chi connectivity index (χ0) is 12.7. The number of hydrogen-bond acceptors (Lipinski definition) is 4. The SMILES string of the molecule is CCC[C@H](CNC(=O)c1cncnc1)N(C)C. The Morgan fingerprint density at radius 1 is 1.41 bits per heavy atom. The fourth-order valence-corrected chi connectivity index (χ4v) is 1.60. The fourth-order valence-electron chi connectivity index (χ4n) is 1.60. The van der Waals surface area contributed by atoms with E-state index < -0.39 is 0 Å². The normalized spacial score (nSPS) is 12.5. The predicted molar refractivity (Wildman–Crippen MR) is 66.7 cm³/mol. The average molecular weight is 236 g/mol. The Kier molecular flexibility index (Phi) is 5.56. The molecule has 94 valence electrons. The Morgan fingerprint density at radius 3 is 2.59 bits per heavy atom. The molecule has 5 nitrogen and oxygen atoms in total. The van der Waals surface area contributed by atoms with Gasteiger partial charge in [-0.15, -0.1) is 0 Å². The molecule has 0 aliphatic rings. The number of aromatic nitrogens is 2. The molecule has 1 atom stereocenters. The van der Waals surface area contributed by atoms with Crippen LogP contribution in [-0.4, -0.2) is 47.5 Å². The van der Waals surface area contributed by atoms with E-state index in [2.05, 4.69) is 27.1 Å². The van der Waals surface area contributed by atoms with Gasteiger partial charge in [0, 0.05) is 25.0 Å². The lowest BCUT2D eigenvalue weighted by Gasteiger charge is -2.24. The van der Waals surface area contributed by atoms with Crippen LogP contribution in [0.4, 0.5) is 0 Å². The third-order valence-electron chi connectivity index (χ3n) is 2.67. The summed E-state index contributed by atoms with van der Waals surface area (Å²) in [4.78, 5) is 21.5. The van der Waals surface area contributed by atoms with Crippen LogP contribution in [0.1, 0.15) is 30.1 Å². The van der Waals surface area contributed by atoms with Gasteiger partial charge in [-0.3, -0.25) is 4.79 Å². The van der Waals surface area contributed by atoms with E-state index in [9.17, 15) is 4.79 Å². The number of hydrogen-bond donors (Lipinski definition) is 1. The van der Waals surface area contributed by atoms with Gasteiger partial charge in [-0.1, -0.05) is 13.3 Å². The molecule has 0 aliphatic carbocycles. The highest BCUT2D eigenvalue weighted by atomic mass is 16.1. The lowest BCUT2D eigenvalue weighted by atomic mass is 10.1. The first-order valence-corrected chi connectivity index (χ1v) is 5.84. The molecule has 1 heterocycles. The summed E-state index contributed by atoms with van der Waals surface area (Å²) in [5, 5.41) is 2.90. The van der Waals surface area contributed by atoms with Crippen molar-refractivity contribution in [1.82, 2.24) is 20.2 Å². The fraction of sp³-hybridized carbons (Fsp3) is 0.583. The monoisotopic (exact) mass is 236 g/mol. The lowest BCUT2D eigenvalue weighted by Crippen LogP contribution is -2.40. The summed E-state index contributed by atoms with van der Waals surface area (Å²) in [6.45, 7) is 2.79. The van der Waals surface area contributed by atoms with Crippen molar-refractivity contribution in [3.63, 3.8) is 0 Å². The average Bonchev–Trinajstić information content (AvgIpc) is 2.34. The topological polar surface area (TPSA) is 58.1 Å². The van der Waals surface area contributed by atoms with E-state index in [1.807, 2.05) is 14.1 Å². The molecule has 0 bridgehead atoms. The third kappa shape index (κ3) is 4.48. The number of carbonyl (C=O) groups is 1. The van der Waals surface area contributed by atoms with Crippen molar-refractivity contribution < 1.29 is 4.79 Å². The van der Waals surface area contributed by atoms with Crippen LogP contribution in [0.15, 0.2) is 18.7 Å². The summed E-state index contributed by atoms with van der Waals surface area (Å²) in [6.07, 6.45) is 6.63. The second-order valence-corrected chi connectivity index (χ2v) is 4.24. The minimum atomic E-state index is -0.117. The summed E-state index contributed by atoms with van der Waals surface area (Å²) in [7, 11) is 4.05. The van der Waals surface area contributed by atoms with Crippen LogP contribution in [0.3, 0.4) is 0 Å². The molecule has 0 radical (unpaired) electrons. The van der Waals surface area contributed by atoms with Gasteiger partial charge in [-0.2, -0.15) is 0 Å². The molecular weight excluding hydrogens is 216 g/mol. The van der Waals surface area contributed by atoms with Gasteiger partial charge < -0.3 is 10.2 Å². The molecular formula is C12H20N4O.